The Hall–Kier alpha value is -3.63. The number of halogens is 1. The van der Waals surface area contributed by atoms with E-state index in [1.165, 1.54) is 24.0 Å². The van der Waals surface area contributed by atoms with E-state index in [1.54, 1.807) is 77.8 Å². The molecule has 2 saturated heterocycles. The lowest BCUT2D eigenvalue weighted by molar-refractivity contribution is -0.162. The van der Waals surface area contributed by atoms with Gasteiger partial charge in [-0.1, -0.05) is 56.2 Å². The van der Waals surface area contributed by atoms with E-state index in [2.05, 4.69) is 19.2 Å². The van der Waals surface area contributed by atoms with Crippen molar-refractivity contribution in [2.24, 2.45) is 5.92 Å². The number of aliphatic hydroxyl groups is 1. The number of benzene rings is 1. The van der Waals surface area contributed by atoms with Crippen molar-refractivity contribution < 1.29 is 52.8 Å². The Kier molecular flexibility index (Phi) is 16.7. The molecule has 3 heterocycles. The molecule has 3 aliphatic heterocycles. The number of nitrogens with one attached hydrogen (secondary N) is 1. The van der Waals surface area contributed by atoms with Crippen molar-refractivity contribution in [1.29, 1.82) is 0 Å². The molecule has 3 amide bonds. The van der Waals surface area contributed by atoms with E-state index in [0.29, 0.717) is 30.7 Å². The highest BCUT2D eigenvalue weighted by molar-refractivity contribution is 8.00. The summed E-state index contributed by atoms with van der Waals surface area (Å²) >= 11 is 8.55. The molecule has 60 heavy (non-hydrogen) atoms. The van der Waals surface area contributed by atoms with E-state index in [-0.39, 0.29) is 40.7 Å². The van der Waals surface area contributed by atoms with Gasteiger partial charge in [0.25, 0.3) is 0 Å². The van der Waals surface area contributed by atoms with Crippen molar-refractivity contribution in [2.75, 3.05) is 39.0 Å². The molecule has 0 radical (unpaired) electrons. The molecule has 0 unspecified atom stereocenters. The number of alkyl carbamates (subject to hydrolysis) is 1. The number of epoxide rings is 1. The quantitative estimate of drug-likeness (QED) is 0.117. The van der Waals surface area contributed by atoms with Gasteiger partial charge in [0.2, 0.25) is 11.8 Å². The van der Waals surface area contributed by atoms with Crippen LogP contribution in [0.5, 0.6) is 5.75 Å². The van der Waals surface area contributed by atoms with E-state index in [0.717, 1.165) is 29.7 Å². The predicted molar refractivity (Wildman–Crippen MR) is 231 cm³/mol. The topological polar surface area (TPSA) is 174 Å². The van der Waals surface area contributed by atoms with Gasteiger partial charge in [0.15, 0.2) is 5.72 Å². The molecule has 0 saturated carbocycles. The second-order valence-corrected chi connectivity index (χ2v) is 19.4. The largest absolute Gasteiger partial charge is 0.495 e. The van der Waals surface area contributed by atoms with Crippen LogP contribution in [-0.4, -0.2) is 120 Å². The van der Waals surface area contributed by atoms with Crippen molar-refractivity contribution in [3.05, 3.63) is 46.5 Å². The van der Waals surface area contributed by atoms with E-state index < -0.39 is 65.7 Å². The monoisotopic (exact) mass is 877 g/mol. The van der Waals surface area contributed by atoms with Gasteiger partial charge in [-0.15, -0.1) is 0 Å². The zero-order valence-electron chi connectivity index (χ0n) is 36.9. The maximum Gasteiger partial charge on any atom is 0.409 e. The molecule has 8 atom stereocenters. The second kappa shape index (κ2) is 20.5. The first-order valence-corrected chi connectivity index (χ1v) is 21.9. The maximum atomic E-state index is 14.3. The smallest absolute Gasteiger partial charge is 0.409 e. The number of ether oxygens (including phenoxy) is 5. The molecule has 334 valence electrons. The number of nitrogens with zero attached hydrogens (tertiary/aromatic N) is 2. The Morgan fingerprint density at radius 3 is 2.53 bits per heavy atom. The van der Waals surface area contributed by atoms with Gasteiger partial charge in [-0.05, 0) is 76.8 Å². The number of carbonyl (C=O) groups is 5. The minimum absolute atomic E-state index is 0.0588. The second-order valence-electron chi connectivity index (χ2n) is 17.2. The standard InChI is InChI=1S/C44H64ClN3O11S/c1-26-15-14-17-34(56-11)44(54)25-33(57-41(53)46-44)28(3)39-43(7,59-39)35(24-37(51)48(9)31-22-30(21-26)23-32(55-10)38(31)45)58-40(52)29(4)47(8)36(50)18-19-42(5,6)60-20-13-12-16-27(2)49/h14-15,17,22-23,28-29,33-35,39,54H,12-13,16,18-21,24-25H2,1-11H3,(H,46,53)/t28-,29+,33+,34-,35+,39+,43+,44+/m1/s1. The molecule has 2 fully saturated rings. The molecule has 0 spiro atoms. The summed E-state index contributed by atoms with van der Waals surface area (Å²) in [4.78, 5) is 68.7. The van der Waals surface area contributed by atoms with Gasteiger partial charge in [0.05, 0.1) is 25.3 Å². The third kappa shape index (κ3) is 12.3. The first-order valence-electron chi connectivity index (χ1n) is 20.5. The molecule has 16 heteroatoms. The van der Waals surface area contributed by atoms with Crippen molar-refractivity contribution in [3.63, 3.8) is 0 Å². The minimum Gasteiger partial charge on any atom is -0.495 e. The molecule has 1 aromatic rings. The summed E-state index contributed by atoms with van der Waals surface area (Å²) in [5, 5.41) is 14.5. The van der Waals surface area contributed by atoms with Crippen LogP contribution in [0.1, 0.15) is 99.0 Å². The third-order valence-electron chi connectivity index (χ3n) is 11.9. The molecule has 4 bridgehead atoms. The lowest BCUT2D eigenvalue weighted by Gasteiger charge is -2.42. The third-order valence-corrected chi connectivity index (χ3v) is 13.7. The number of carbonyl (C=O) groups excluding carboxylic acids is 5. The Bertz CT molecular complexity index is 1820. The zero-order chi connectivity index (χ0) is 44.7. The van der Waals surface area contributed by atoms with Crippen LogP contribution in [0.2, 0.25) is 5.02 Å². The highest BCUT2D eigenvalue weighted by atomic mass is 35.5. The number of allylic oxidation sites excluding steroid dienone is 3. The fourth-order valence-electron chi connectivity index (χ4n) is 7.70. The summed E-state index contributed by atoms with van der Waals surface area (Å²) in [5.41, 5.74) is -0.959. The number of unbranched alkanes of at least 4 members (excludes halogenated alkanes) is 1. The van der Waals surface area contributed by atoms with Gasteiger partial charge in [-0.3, -0.25) is 14.9 Å². The van der Waals surface area contributed by atoms with Gasteiger partial charge in [-0.2, -0.15) is 11.8 Å². The van der Waals surface area contributed by atoms with Crippen LogP contribution in [0.15, 0.2) is 35.9 Å². The predicted octanol–water partition coefficient (Wildman–Crippen LogP) is 6.57. The molecule has 4 rings (SSSR count). The lowest BCUT2D eigenvalue weighted by atomic mass is 9.83. The number of thioether (sulfide) groups is 1. The highest BCUT2D eigenvalue weighted by Gasteiger charge is 2.64. The van der Waals surface area contributed by atoms with Crippen LogP contribution in [0.4, 0.5) is 10.5 Å². The molecule has 14 nitrogen and oxygen atoms in total. The molecular weight excluding hydrogens is 814 g/mol. The SMILES string of the molecule is COc1cc2cc(c1Cl)N(C)C(=O)C[C@H](OC(=O)[C@H](C)N(C)C(=O)CCC(C)(C)SCCCCC(C)=O)[C@]1(C)O[C@H]1[C@H](C)[C@@H]1C[C@@](O)(NC(=O)O1)[C@H](OC)C=CC=C(C)C2. The molecule has 1 aromatic carbocycles. The van der Waals surface area contributed by atoms with E-state index in [1.807, 2.05) is 13.0 Å². The number of Topliss-reactive ketones (excluding diaryl/α,β-unsaturated/α-hetero) is 1. The minimum atomic E-state index is -1.84. The molecule has 2 N–H and O–H groups in total. The number of amides is 3. The summed E-state index contributed by atoms with van der Waals surface area (Å²) in [6.45, 7) is 12.8. The number of hydrogen-bond donors (Lipinski definition) is 2. The van der Waals surface area contributed by atoms with Crippen LogP contribution < -0.4 is 15.0 Å². The van der Waals surface area contributed by atoms with Crippen molar-refractivity contribution in [1.82, 2.24) is 10.2 Å². The van der Waals surface area contributed by atoms with Crippen molar-refractivity contribution >= 4 is 58.7 Å². The van der Waals surface area contributed by atoms with Gasteiger partial charge in [-0.25, -0.2) is 9.59 Å². The average molecular weight is 879 g/mol. The summed E-state index contributed by atoms with van der Waals surface area (Å²) < 4.78 is 29.2. The van der Waals surface area contributed by atoms with Crippen LogP contribution in [0, 0.1) is 5.92 Å². The number of esters is 1. The molecular formula is C44H64ClN3O11S. The Labute approximate surface area is 364 Å². The van der Waals surface area contributed by atoms with E-state index in [4.69, 9.17) is 35.3 Å². The van der Waals surface area contributed by atoms with Gasteiger partial charge in [0, 0.05) is 51.1 Å². The highest BCUT2D eigenvalue weighted by Crippen LogP contribution is 2.49. The Balaban J connectivity index is 1.62. The summed E-state index contributed by atoms with van der Waals surface area (Å²) in [7, 11) is 6.05. The van der Waals surface area contributed by atoms with Crippen molar-refractivity contribution in [3.8, 4) is 5.75 Å². The molecule has 0 aromatic heterocycles. The summed E-state index contributed by atoms with van der Waals surface area (Å²) in [6.07, 6.45) is 3.94. The average Bonchev–Trinajstić information content (AvgIpc) is 3.88. The lowest BCUT2D eigenvalue weighted by Crippen LogP contribution is -2.63. The normalized spacial score (nSPS) is 27.8. The molecule has 0 aliphatic carbocycles. The van der Waals surface area contributed by atoms with Crippen LogP contribution in [0.25, 0.3) is 0 Å². The number of methoxy groups -OCH3 is 2. The van der Waals surface area contributed by atoms with Gasteiger partial charge < -0.3 is 43.4 Å². The number of fused-ring (bicyclic) bond motifs is 5. The number of hydrogen-bond acceptors (Lipinski definition) is 12. The van der Waals surface area contributed by atoms with Crippen LogP contribution in [-0.2, 0) is 44.5 Å². The Morgan fingerprint density at radius 2 is 1.88 bits per heavy atom. The number of ketones is 1. The first-order chi connectivity index (χ1) is 28.0. The molecule has 3 aliphatic rings. The number of likely N-dealkylation sites (N-methyl/N-ethyl adjacent to an activating group) is 1. The van der Waals surface area contributed by atoms with E-state index >= 15 is 0 Å². The van der Waals surface area contributed by atoms with Crippen molar-refractivity contribution in [2.45, 2.75) is 146 Å². The fraction of sp³-hybridized carbons (Fsp3) is 0.659. The number of rotatable bonds is 14. The Morgan fingerprint density at radius 1 is 1.18 bits per heavy atom. The van der Waals surface area contributed by atoms with Gasteiger partial charge >= 0.3 is 12.1 Å². The summed E-state index contributed by atoms with van der Waals surface area (Å²) in [5.74, 6) is -0.527. The summed E-state index contributed by atoms with van der Waals surface area (Å²) in [6, 6.07) is 2.58. The van der Waals surface area contributed by atoms with Crippen LogP contribution in [0.3, 0.4) is 0 Å². The fourth-order valence-corrected chi connectivity index (χ4v) is 9.16. The first kappa shape index (κ1) is 49.0. The maximum absolute atomic E-state index is 14.3. The van der Waals surface area contributed by atoms with Gasteiger partial charge in [0.1, 0.15) is 46.5 Å². The van der Waals surface area contributed by atoms with Crippen LogP contribution >= 0.6 is 23.4 Å². The zero-order valence-corrected chi connectivity index (χ0v) is 38.5. The van der Waals surface area contributed by atoms with E-state index in [9.17, 15) is 29.1 Å². The number of anilines is 1.